The Kier molecular flexibility index (Phi) is 4.65. The van der Waals surface area contributed by atoms with Crippen molar-refractivity contribution in [3.63, 3.8) is 0 Å². The van der Waals surface area contributed by atoms with Crippen LogP contribution in [-0.4, -0.2) is 25.2 Å². The maximum absolute atomic E-state index is 4.71. The number of nitrogens with zero attached hydrogens (tertiary/aromatic N) is 5. The number of rotatable bonds is 5. The first-order valence-corrected chi connectivity index (χ1v) is 10.5. The zero-order valence-corrected chi connectivity index (χ0v) is 16.2. The van der Waals surface area contributed by atoms with E-state index < -0.39 is 0 Å². The molecule has 0 fully saturated rings. The molecule has 0 amide bonds. The van der Waals surface area contributed by atoms with Crippen LogP contribution in [-0.2, 0) is 5.75 Å². The van der Waals surface area contributed by atoms with Crippen molar-refractivity contribution in [1.82, 2.24) is 25.2 Å². The molecule has 0 saturated heterocycles. The molecule has 0 saturated carbocycles. The summed E-state index contributed by atoms with van der Waals surface area (Å²) in [4.78, 5) is 4.71. The van der Waals surface area contributed by atoms with Crippen LogP contribution in [0.3, 0.4) is 0 Å². The van der Waals surface area contributed by atoms with E-state index in [0.29, 0.717) is 0 Å². The van der Waals surface area contributed by atoms with E-state index in [1.54, 1.807) is 39.1 Å². The van der Waals surface area contributed by atoms with Gasteiger partial charge in [0.25, 0.3) is 0 Å². The van der Waals surface area contributed by atoms with Gasteiger partial charge in [0.2, 0.25) is 5.16 Å². The van der Waals surface area contributed by atoms with Gasteiger partial charge >= 0.3 is 0 Å². The molecule has 0 unspecified atom stereocenters. The second-order valence-corrected chi connectivity index (χ2v) is 8.17. The molecule has 4 aromatic rings. The first-order chi connectivity index (χ1) is 12.2. The van der Waals surface area contributed by atoms with Crippen LogP contribution in [0.4, 0.5) is 0 Å². The van der Waals surface area contributed by atoms with Gasteiger partial charge in [-0.15, -0.1) is 16.4 Å². The lowest BCUT2D eigenvalue weighted by molar-refractivity contribution is 0.755. The summed E-state index contributed by atoms with van der Waals surface area (Å²) >= 11 is 4.96. The van der Waals surface area contributed by atoms with Gasteiger partial charge in [-0.2, -0.15) is 16.0 Å². The summed E-state index contributed by atoms with van der Waals surface area (Å²) in [6, 6.07) is 8.34. The lowest BCUT2D eigenvalue weighted by Gasteiger charge is -2.06. The molecular formula is C17H15N5S3. The molecule has 0 aliphatic rings. The van der Waals surface area contributed by atoms with Crippen LogP contribution in [0.5, 0.6) is 0 Å². The monoisotopic (exact) mass is 385 g/mol. The summed E-state index contributed by atoms with van der Waals surface area (Å²) in [7, 11) is 0. The highest BCUT2D eigenvalue weighted by molar-refractivity contribution is 7.98. The van der Waals surface area contributed by atoms with Crippen LogP contribution < -0.4 is 0 Å². The third-order valence-corrected chi connectivity index (χ3v) is 6.42. The Hall–Kier alpha value is -2.03. The number of thiazole rings is 1. The molecule has 0 aliphatic heterocycles. The standard InChI is InChI=1S/C17H15N5S3/c1-11-3-4-15(7-12(11)2)22-17(19-20-21-22)25-10-14-9-24-16(18-14)13-5-6-23-8-13/h3-9H,10H2,1-2H3. The van der Waals surface area contributed by atoms with Crippen LogP contribution in [0.15, 0.2) is 45.6 Å². The van der Waals surface area contributed by atoms with Crippen molar-refractivity contribution in [2.45, 2.75) is 24.8 Å². The highest BCUT2D eigenvalue weighted by Crippen LogP contribution is 2.29. The van der Waals surface area contributed by atoms with E-state index >= 15 is 0 Å². The third-order valence-electron chi connectivity index (χ3n) is 3.84. The van der Waals surface area contributed by atoms with Crippen LogP contribution in [0.1, 0.15) is 16.8 Å². The summed E-state index contributed by atoms with van der Waals surface area (Å²) in [5.74, 6) is 0.742. The minimum atomic E-state index is 0.742. The van der Waals surface area contributed by atoms with Crippen LogP contribution in [0, 0.1) is 13.8 Å². The number of aromatic nitrogens is 5. The Morgan fingerprint density at radius 1 is 1.12 bits per heavy atom. The fraction of sp³-hybridized carbons (Fsp3) is 0.176. The van der Waals surface area contributed by atoms with E-state index in [1.807, 2.05) is 6.07 Å². The molecule has 8 heteroatoms. The zero-order valence-electron chi connectivity index (χ0n) is 13.7. The maximum atomic E-state index is 4.71. The minimum Gasteiger partial charge on any atom is -0.240 e. The number of thioether (sulfide) groups is 1. The Morgan fingerprint density at radius 3 is 2.84 bits per heavy atom. The molecule has 3 heterocycles. The molecule has 3 aromatic heterocycles. The van der Waals surface area contributed by atoms with Crippen molar-refractivity contribution in [2.75, 3.05) is 0 Å². The fourth-order valence-corrected chi connectivity index (χ4v) is 4.74. The molecule has 126 valence electrons. The van der Waals surface area contributed by atoms with Crippen molar-refractivity contribution in [2.24, 2.45) is 0 Å². The fourth-order valence-electron chi connectivity index (χ4n) is 2.32. The third kappa shape index (κ3) is 3.51. The molecule has 25 heavy (non-hydrogen) atoms. The van der Waals surface area contributed by atoms with Crippen molar-refractivity contribution in [3.05, 3.63) is 57.2 Å². The lowest BCUT2D eigenvalue weighted by atomic mass is 10.1. The lowest BCUT2D eigenvalue weighted by Crippen LogP contribution is -2.00. The molecule has 0 aliphatic carbocycles. The van der Waals surface area contributed by atoms with Gasteiger partial charge in [0, 0.05) is 22.1 Å². The van der Waals surface area contributed by atoms with Crippen molar-refractivity contribution >= 4 is 34.4 Å². The van der Waals surface area contributed by atoms with Gasteiger partial charge in [-0.1, -0.05) is 17.8 Å². The molecule has 5 nitrogen and oxygen atoms in total. The Labute approximate surface area is 157 Å². The van der Waals surface area contributed by atoms with E-state index in [1.165, 1.54) is 16.7 Å². The highest BCUT2D eigenvalue weighted by atomic mass is 32.2. The van der Waals surface area contributed by atoms with E-state index in [0.717, 1.165) is 27.3 Å². The highest BCUT2D eigenvalue weighted by Gasteiger charge is 2.12. The molecule has 0 N–H and O–H groups in total. The predicted molar refractivity (Wildman–Crippen MR) is 104 cm³/mol. The number of aryl methyl sites for hydroxylation is 2. The number of benzene rings is 1. The van der Waals surface area contributed by atoms with Gasteiger partial charge in [0.1, 0.15) is 5.01 Å². The molecule has 0 spiro atoms. The Morgan fingerprint density at radius 2 is 2.04 bits per heavy atom. The first-order valence-electron chi connectivity index (χ1n) is 7.66. The minimum absolute atomic E-state index is 0.742. The summed E-state index contributed by atoms with van der Waals surface area (Å²) in [5.41, 5.74) is 5.70. The predicted octanol–water partition coefficient (Wildman–Crippen LogP) is 4.76. The number of tetrazole rings is 1. The normalized spacial score (nSPS) is 11.1. The van der Waals surface area contributed by atoms with E-state index in [4.69, 9.17) is 4.98 Å². The molecule has 0 radical (unpaired) electrons. The van der Waals surface area contributed by atoms with E-state index in [2.05, 4.69) is 63.7 Å². The van der Waals surface area contributed by atoms with Crippen LogP contribution in [0.2, 0.25) is 0 Å². The van der Waals surface area contributed by atoms with Gasteiger partial charge in [-0.25, -0.2) is 4.98 Å². The van der Waals surface area contributed by atoms with Crippen molar-refractivity contribution in [3.8, 4) is 16.3 Å². The van der Waals surface area contributed by atoms with Crippen molar-refractivity contribution in [1.29, 1.82) is 0 Å². The molecular weight excluding hydrogens is 370 g/mol. The number of hydrogen-bond donors (Lipinski definition) is 0. The van der Waals surface area contributed by atoms with Crippen molar-refractivity contribution < 1.29 is 0 Å². The van der Waals surface area contributed by atoms with Gasteiger partial charge in [-0.3, -0.25) is 0 Å². The number of thiophene rings is 1. The van der Waals surface area contributed by atoms with E-state index in [9.17, 15) is 0 Å². The molecule has 0 atom stereocenters. The SMILES string of the molecule is Cc1ccc(-n2nnnc2SCc2csc(-c3ccsc3)n2)cc1C. The summed E-state index contributed by atoms with van der Waals surface area (Å²) in [6.07, 6.45) is 0. The first kappa shape index (κ1) is 16.4. The summed E-state index contributed by atoms with van der Waals surface area (Å²) in [6.45, 7) is 4.19. The number of hydrogen-bond acceptors (Lipinski definition) is 7. The quantitative estimate of drug-likeness (QED) is 0.464. The van der Waals surface area contributed by atoms with Gasteiger partial charge in [0.05, 0.1) is 11.4 Å². The van der Waals surface area contributed by atoms with Gasteiger partial charge in [-0.05, 0) is 59.0 Å². The average molecular weight is 386 g/mol. The van der Waals surface area contributed by atoms with Crippen LogP contribution in [0.25, 0.3) is 16.3 Å². The Balaban J connectivity index is 1.51. The maximum Gasteiger partial charge on any atom is 0.214 e. The Bertz CT molecular complexity index is 988. The second-order valence-electron chi connectivity index (χ2n) is 5.59. The largest absolute Gasteiger partial charge is 0.240 e. The van der Waals surface area contributed by atoms with Crippen LogP contribution >= 0.6 is 34.4 Å². The molecule has 1 aromatic carbocycles. The zero-order chi connectivity index (χ0) is 17.2. The average Bonchev–Trinajstić information content (AvgIpc) is 3.36. The second kappa shape index (κ2) is 7.07. The topological polar surface area (TPSA) is 56.5 Å². The molecule has 0 bridgehead atoms. The summed E-state index contributed by atoms with van der Waals surface area (Å²) < 4.78 is 1.78. The smallest absolute Gasteiger partial charge is 0.214 e. The summed E-state index contributed by atoms with van der Waals surface area (Å²) in [5, 5.41) is 20.3. The van der Waals surface area contributed by atoms with E-state index in [-0.39, 0.29) is 0 Å². The molecule has 4 rings (SSSR count). The van der Waals surface area contributed by atoms with Gasteiger partial charge in [0.15, 0.2) is 0 Å². The van der Waals surface area contributed by atoms with Gasteiger partial charge < -0.3 is 0 Å².